The Morgan fingerprint density at radius 2 is 1.61 bits per heavy atom. The minimum absolute atomic E-state index is 0. The summed E-state index contributed by atoms with van der Waals surface area (Å²) in [6.07, 6.45) is 0.767. The van der Waals surface area contributed by atoms with E-state index in [1.807, 2.05) is 18.2 Å². The summed E-state index contributed by atoms with van der Waals surface area (Å²) in [4.78, 5) is 14.9. The third-order valence-corrected chi connectivity index (χ3v) is 4.32. The number of aliphatic imine (C=N–C) groups is 1. The van der Waals surface area contributed by atoms with Crippen molar-refractivity contribution < 1.29 is 19.1 Å². The molecule has 2 rings (SSSR count). The number of hydrogen-bond donors (Lipinski definition) is 2. The molecule has 0 heterocycles. The Hall–Kier alpha value is -2.60. The topological polar surface area (TPSA) is 107 Å². The number of methoxy groups -OCH3 is 3. The van der Waals surface area contributed by atoms with Crippen molar-refractivity contribution >= 4 is 35.6 Å². The summed E-state index contributed by atoms with van der Waals surface area (Å²) in [5.74, 6) is 2.03. The molecular formula is C21H29IN4O5. The molecule has 0 aromatic heterocycles. The van der Waals surface area contributed by atoms with Crippen LogP contribution in [0.15, 0.2) is 47.5 Å². The van der Waals surface area contributed by atoms with Gasteiger partial charge in [0.15, 0.2) is 17.5 Å². The zero-order valence-electron chi connectivity index (χ0n) is 17.9. The summed E-state index contributed by atoms with van der Waals surface area (Å²) < 4.78 is 15.7. The summed E-state index contributed by atoms with van der Waals surface area (Å²) in [5, 5.41) is 17.3. The number of nitro benzene ring substituents is 1. The van der Waals surface area contributed by atoms with Gasteiger partial charge in [-0.2, -0.15) is 0 Å². The Kier molecular flexibility index (Phi) is 12.3. The predicted molar refractivity (Wildman–Crippen MR) is 131 cm³/mol. The van der Waals surface area contributed by atoms with Gasteiger partial charge < -0.3 is 24.8 Å². The number of nitrogens with one attached hydrogen (secondary N) is 2. The predicted octanol–water partition coefficient (Wildman–Crippen LogP) is 3.15. The highest BCUT2D eigenvalue weighted by molar-refractivity contribution is 14.0. The van der Waals surface area contributed by atoms with Gasteiger partial charge in [0.2, 0.25) is 0 Å². The summed E-state index contributed by atoms with van der Waals surface area (Å²) in [5.41, 5.74) is 2.05. The molecule has 0 saturated carbocycles. The second-order valence-electron chi connectivity index (χ2n) is 6.37. The average Bonchev–Trinajstić information content (AvgIpc) is 2.77. The van der Waals surface area contributed by atoms with Gasteiger partial charge in [-0.3, -0.25) is 10.1 Å². The molecular weight excluding hydrogens is 515 g/mol. The molecule has 0 amide bonds. The van der Waals surface area contributed by atoms with Crippen LogP contribution < -0.4 is 20.1 Å². The molecule has 9 nitrogen and oxygen atoms in total. The molecule has 0 aliphatic rings. The first kappa shape index (κ1) is 26.4. The number of nitrogens with zero attached hydrogens (tertiary/aromatic N) is 2. The van der Waals surface area contributed by atoms with E-state index in [4.69, 9.17) is 14.2 Å². The van der Waals surface area contributed by atoms with Crippen LogP contribution in [0.25, 0.3) is 0 Å². The van der Waals surface area contributed by atoms with Crippen LogP contribution in [0, 0.1) is 10.1 Å². The Morgan fingerprint density at radius 3 is 2.23 bits per heavy atom. The van der Waals surface area contributed by atoms with E-state index in [2.05, 4.69) is 15.6 Å². The van der Waals surface area contributed by atoms with E-state index < -0.39 is 4.92 Å². The molecule has 0 aliphatic heterocycles. The Bertz CT molecular complexity index is 846. The molecule has 2 N–H and O–H groups in total. The molecule has 2 aromatic carbocycles. The number of benzene rings is 2. The van der Waals surface area contributed by atoms with Crippen LogP contribution in [-0.4, -0.2) is 51.9 Å². The number of nitro groups is 1. The molecule has 0 spiro atoms. The maximum absolute atomic E-state index is 10.8. The number of halogens is 1. The number of rotatable bonds is 11. The van der Waals surface area contributed by atoms with Gasteiger partial charge in [-0.25, -0.2) is 4.99 Å². The van der Waals surface area contributed by atoms with Gasteiger partial charge in [0.1, 0.15) is 0 Å². The van der Waals surface area contributed by atoms with Crippen LogP contribution >= 0.6 is 24.0 Å². The highest BCUT2D eigenvalue weighted by atomic mass is 127. The summed E-state index contributed by atoms with van der Waals surface area (Å²) in [6.45, 7) is 2.22. The fraction of sp³-hybridized carbons (Fsp3) is 0.381. The fourth-order valence-electron chi connectivity index (χ4n) is 2.70. The second kappa shape index (κ2) is 14.4. The molecule has 0 bridgehead atoms. The Balaban J connectivity index is 0.00000480. The maximum atomic E-state index is 10.8. The standard InChI is InChI=1S/C21H28N4O5.HI/c1-28-13-12-23-21(24-15-17-4-7-18(8-5-17)25(26)27)22-11-10-16-6-9-19(29-2)20(14-16)30-3;/h4-9,14H,10-13,15H2,1-3H3,(H2,22,23,24);1H. The smallest absolute Gasteiger partial charge is 0.269 e. The lowest BCUT2D eigenvalue weighted by Gasteiger charge is -2.13. The Morgan fingerprint density at radius 1 is 0.968 bits per heavy atom. The molecule has 0 unspecified atom stereocenters. The largest absolute Gasteiger partial charge is 0.493 e. The van der Waals surface area contributed by atoms with Crippen molar-refractivity contribution in [2.75, 3.05) is 41.0 Å². The van der Waals surface area contributed by atoms with E-state index >= 15 is 0 Å². The van der Waals surface area contributed by atoms with Gasteiger partial charge >= 0.3 is 0 Å². The quantitative estimate of drug-likeness (QED) is 0.112. The lowest BCUT2D eigenvalue weighted by Crippen LogP contribution is -2.40. The number of guanidine groups is 1. The van der Waals surface area contributed by atoms with Crippen LogP contribution in [0.3, 0.4) is 0 Å². The van der Waals surface area contributed by atoms with Crippen LogP contribution in [0.1, 0.15) is 11.1 Å². The van der Waals surface area contributed by atoms with E-state index in [-0.39, 0.29) is 29.7 Å². The molecule has 170 valence electrons. The average molecular weight is 544 g/mol. The number of ether oxygens (including phenoxy) is 3. The van der Waals surface area contributed by atoms with Crippen molar-refractivity contribution in [2.24, 2.45) is 4.99 Å². The SMILES string of the molecule is COCCNC(=NCc1ccc([N+](=O)[O-])cc1)NCCc1ccc(OC)c(OC)c1.I. The molecule has 0 aliphatic carbocycles. The van der Waals surface area contributed by atoms with E-state index in [1.54, 1.807) is 33.5 Å². The van der Waals surface area contributed by atoms with E-state index in [0.717, 1.165) is 17.5 Å². The zero-order chi connectivity index (χ0) is 21.8. The lowest BCUT2D eigenvalue weighted by atomic mass is 10.1. The van der Waals surface area contributed by atoms with Gasteiger partial charge in [-0.15, -0.1) is 24.0 Å². The zero-order valence-corrected chi connectivity index (χ0v) is 20.3. The molecule has 0 fully saturated rings. The lowest BCUT2D eigenvalue weighted by molar-refractivity contribution is -0.384. The third-order valence-electron chi connectivity index (χ3n) is 4.32. The third kappa shape index (κ3) is 8.97. The van der Waals surface area contributed by atoms with E-state index in [0.29, 0.717) is 43.7 Å². The minimum Gasteiger partial charge on any atom is -0.493 e. The van der Waals surface area contributed by atoms with Crippen LogP contribution in [0.2, 0.25) is 0 Å². The Labute approximate surface area is 199 Å². The van der Waals surface area contributed by atoms with Crippen molar-refractivity contribution in [3.8, 4) is 11.5 Å². The summed E-state index contributed by atoms with van der Waals surface area (Å²) in [7, 11) is 4.86. The van der Waals surface area contributed by atoms with Gasteiger partial charge in [0.05, 0.1) is 32.3 Å². The van der Waals surface area contributed by atoms with Crippen molar-refractivity contribution in [3.63, 3.8) is 0 Å². The normalized spacial score (nSPS) is 10.7. The first-order chi connectivity index (χ1) is 14.6. The van der Waals surface area contributed by atoms with Gasteiger partial charge in [-0.1, -0.05) is 18.2 Å². The maximum Gasteiger partial charge on any atom is 0.269 e. The molecule has 10 heteroatoms. The molecule has 31 heavy (non-hydrogen) atoms. The van der Waals surface area contributed by atoms with Crippen molar-refractivity contribution in [1.82, 2.24) is 10.6 Å². The number of hydrogen-bond acceptors (Lipinski definition) is 6. The fourth-order valence-corrected chi connectivity index (χ4v) is 2.70. The minimum atomic E-state index is -0.416. The molecule has 0 atom stereocenters. The van der Waals surface area contributed by atoms with Crippen LogP contribution in [0.5, 0.6) is 11.5 Å². The highest BCUT2D eigenvalue weighted by Gasteiger charge is 2.06. The first-order valence-electron chi connectivity index (χ1n) is 9.52. The van der Waals surface area contributed by atoms with Crippen molar-refractivity contribution in [1.29, 1.82) is 0 Å². The van der Waals surface area contributed by atoms with E-state index in [9.17, 15) is 10.1 Å². The highest BCUT2D eigenvalue weighted by Crippen LogP contribution is 2.27. The second-order valence-corrected chi connectivity index (χ2v) is 6.37. The van der Waals surface area contributed by atoms with Crippen molar-refractivity contribution in [3.05, 3.63) is 63.7 Å². The van der Waals surface area contributed by atoms with E-state index in [1.165, 1.54) is 12.1 Å². The monoisotopic (exact) mass is 544 g/mol. The van der Waals surface area contributed by atoms with Gasteiger partial charge in [0, 0.05) is 32.3 Å². The molecule has 0 saturated heterocycles. The van der Waals surface area contributed by atoms with Crippen LogP contribution in [0.4, 0.5) is 5.69 Å². The van der Waals surface area contributed by atoms with Gasteiger partial charge in [-0.05, 0) is 29.7 Å². The van der Waals surface area contributed by atoms with Crippen molar-refractivity contribution in [2.45, 2.75) is 13.0 Å². The summed E-state index contributed by atoms with van der Waals surface area (Å²) in [6, 6.07) is 12.2. The van der Waals surface area contributed by atoms with Gasteiger partial charge in [0.25, 0.3) is 5.69 Å². The van der Waals surface area contributed by atoms with Crippen LogP contribution in [-0.2, 0) is 17.7 Å². The summed E-state index contributed by atoms with van der Waals surface area (Å²) >= 11 is 0. The molecule has 2 aromatic rings. The first-order valence-corrected chi connectivity index (χ1v) is 9.52. The number of non-ortho nitro benzene ring substituents is 1. The molecule has 0 radical (unpaired) electrons.